The molecule has 1 aromatic heterocycles. The van der Waals surface area contributed by atoms with Crippen molar-refractivity contribution in [2.45, 2.75) is 13.3 Å². The Labute approximate surface area is 120 Å². The van der Waals surface area contributed by atoms with E-state index in [1.165, 1.54) is 18.2 Å². The van der Waals surface area contributed by atoms with E-state index in [2.05, 4.69) is 0 Å². The highest BCUT2D eigenvalue weighted by Crippen LogP contribution is 2.25. The number of halogens is 1. The molecule has 0 fully saturated rings. The lowest BCUT2D eigenvalue weighted by Crippen LogP contribution is -2.01. The number of hydrogen-bond donors (Lipinski definition) is 1. The summed E-state index contributed by atoms with van der Waals surface area (Å²) in [7, 11) is 0. The number of aryl methyl sites for hydroxylation is 1. The van der Waals surface area contributed by atoms with E-state index in [0.717, 1.165) is 12.0 Å². The van der Waals surface area contributed by atoms with Crippen LogP contribution in [-0.2, 0) is 6.42 Å². The Balaban J connectivity index is 2.23. The molecule has 0 atom stereocenters. The van der Waals surface area contributed by atoms with Gasteiger partial charge in [-0.2, -0.15) is 0 Å². The predicted octanol–water partition coefficient (Wildman–Crippen LogP) is 3.74. The van der Waals surface area contributed by atoms with Gasteiger partial charge in [-0.05, 0) is 42.3 Å². The molecule has 0 aliphatic heterocycles. The van der Waals surface area contributed by atoms with Gasteiger partial charge in [-0.3, -0.25) is 4.79 Å². The first-order chi connectivity index (χ1) is 10.1. The van der Waals surface area contributed by atoms with Crippen LogP contribution in [0.15, 0.2) is 51.7 Å². The second kappa shape index (κ2) is 5.05. The minimum atomic E-state index is -0.491. The second-order valence-electron chi connectivity index (χ2n) is 4.90. The fraction of sp³-hybridized carbons (Fsp3) is 0.118. The molecule has 4 heteroatoms. The molecular weight excluding hydrogens is 269 g/mol. The first-order valence-corrected chi connectivity index (χ1v) is 6.70. The van der Waals surface area contributed by atoms with Crippen LogP contribution in [0.5, 0.6) is 0 Å². The van der Waals surface area contributed by atoms with E-state index < -0.39 is 5.82 Å². The molecule has 3 nitrogen and oxygen atoms in total. The molecule has 0 spiro atoms. The molecule has 0 saturated heterocycles. The monoisotopic (exact) mass is 283 g/mol. The summed E-state index contributed by atoms with van der Waals surface area (Å²) >= 11 is 0. The minimum absolute atomic E-state index is 0.0255. The van der Waals surface area contributed by atoms with Crippen LogP contribution in [0.1, 0.15) is 12.5 Å². The van der Waals surface area contributed by atoms with Crippen molar-refractivity contribution < 1.29 is 8.81 Å². The van der Waals surface area contributed by atoms with E-state index in [0.29, 0.717) is 22.3 Å². The van der Waals surface area contributed by atoms with E-state index in [9.17, 15) is 9.18 Å². The van der Waals surface area contributed by atoms with Crippen molar-refractivity contribution in [2.24, 2.45) is 0 Å². The smallest absolute Gasteiger partial charge is 0.193 e. The van der Waals surface area contributed by atoms with E-state index in [1.54, 1.807) is 12.1 Å². The number of rotatable bonds is 2. The number of nitrogens with two attached hydrogens (primary N) is 1. The molecule has 1 heterocycles. The zero-order chi connectivity index (χ0) is 15.0. The summed E-state index contributed by atoms with van der Waals surface area (Å²) in [6, 6.07) is 11.2. The highest BCUT2D eigenvalue weighted by atomic mass is 19.1. The largest absolute Gasteiger partial charge is 0.456 e. The van der Waals surface area contributed by atoms with Crippen molar-refractivity contribution in [2.75, 3.05) is 5.73 Å². The Bertz CT molecular complexity index is 884. The first kappa shape index (κ1) is 13.4. The van der Waals surface area contributed by atoms with Gasteiger partial charge in [0.2, 0.25) is 0 Å². The Morgan fingerprint density at radius 3 is 2.67 bits per heavy atom. The molecule has 0 aliphatic rings. The lowest BCUT2D eigenvalue weighted by atomic mass is 10.1. The van der Waals surface area contributed by atoms with Crippen LogP contribution in [0.3, 0.4) is 0 Å². The summed E-state index contributed by atoms with van der Waals surface area (Å²) in [6.45, 7) is 2.03. The summed E-state index contributed by atoms with van der Waals surface area (Å²) in [5.41, 5.74) is 7.65. The molecule has 0 bridgehead atoms. The van der Waals surface area contributed by atoms with Gasteiger partial charge in [-0.1, -0.05) is 13.0 Å². The second-order valence-corrected chi connectivity index (χ2v) is 4.90. The maximum absolute atomic E-state index is 13.2. The van der Waals surface area contributed by atoms with Gasteiger partial charge in [0.15, 0.2) is 5.43 Å². The fourth-order valence-electron chi connectivity index (χ4n) is 2.26. The summed E-state index contributed by atoms with van der Waals surface area (Å²) in [5, 5.41) is 0.533. The van der Waals surface area contributed by atoms with E-state index >= 15 is 0 Å². The van der Waals surface area contributed by atoms with Crippen LogP contribution >= 0.6 is 0 Å². The molecule has 0 aliphatic carbocycles. The third kappa shape index (κ3) is 2.40. The maximum atomic E-state index is 13.2. The summed E-state index contributed by atoms with van der Waals surface area (Å²) in [4.78, 5) is 12.2. The van der Waals surface area contributed by atoms with Gasteiger partial charge >= 0.3 is 0 Å². The summed E-state index contributed by atoms with van der Waals surface area (Å²) in [5.74, 6) is -0.109. The van der Waals surface area contributed by atoms with Gasteiger partial charge in [0.25, 0.3) is 0 Å². The quantitative estimate of drug-likeness (QED) is 0.729. The SMILES string of the molecule is CCc1ccc2c(=O)cc(-c3ccc(F)c(N)c3)oc2c1. The minimum Gasteiger partial charge on any atom is -0.456 e. The molecule has 3 aromatic rings. The van der Waals surface area contributed by atoms with E-state index in [1.807, 2.05) is 19.1 Å². The normalized spacial score (nSPS) is 11.0. The molecule has 106 valence electrons. The number of anilines is 1. The highest BCUT2D eigenvalue weighted by molar-refractivity contribution is 5.79. The highest BCUT2D eigenvalue weighted by Gasteiger charge is 2.09. The van der Waals surface area contributed by atoms with Crippen LogP contribution in [0.4, 0.5) is 10.1 Å². The predicted molar refractivity (Wildman–Crippen MR) is 81.7 cm³/mol. The molecule has 0 amide bonds. The Hall–Kier alpha value is -2.62. The standard InChI is InChI=1S/C17H14FNO2/c1-2-10-3-5-12-15(20)9-16(21-17(12)7-10)11-4-6-13(18)14(19)8-11/h3-9H,2,19H2,1H3. The average molecular weight is 283 g/mol. The van der Waals surface area contributed by atoms with E-state index in [4.69, 9.17) is 10.2 Å². The number of benzene rings is 2. The number of hydrogen-bond acceptors (Lipinski definition) is 3. The van der Waals surface area contributed by atoms with Crippen LogP contribution in [0.25, 0.3) is 22.3 Å². The lowest BCUT2D eigenvalue weighted by molar-refractivity contribution is 0.616. The number of fused-ring (bicyclic) bond motifs is 1. The van der Waals surface area contributed by atoms with Gasteiger partial charge in [0.05, 0.1) is 11.1 Å². The molecular formula is C17H14FNO2. The third-order valence-electron chi connectivity index (χ3n) is 3.48. The topological polar surface area (TPSA) is 56.2 Å². The van der Waals surface area contributed by atoms with Crippen molar-refractivity contribution >= 4 is 16.7 Å². The van der Waals surface area contributed by atoms with Crippen molar-refractivity contribution in [3.05, 3.63) is 64.1 Å². The van der Waals surface area contributed by atoms with Crippen LogP contribution in [0, 0.1) is 5.82 Å². The van der Waals surface area contributed by atoms with E-state index in [-0.39, 0.29) is 11.1 Å². The Morgan fingerprint density at radius 1 is 1.14 bits per heavy atom. The molecule has 21 heavy (non-hydrogen) atoms. The zero-order valence-corrected chi connectivity index (χ0v) is 11.5. The van der Waals surface area contributed by atoms with Crippen molar-refractivity contribution in [3.8, 4) is 11.3 Å². The average Bonchev–Trinajstić information content (AvgIpc) is 2.49. The maximum Gasteiger partial charge on any atom is 0.193 e. The molecule has 0 radical (unpaired) electrons. The lowest BCUT2D eigenvalue weighted by Gasteiger charge is -2.06. The van der Waals surface area contributed by atoms with Gasteiger partial charge < -0.3 is 10.2 Å². The molecule has 3 rings (SSSR count). The first-order valence-electron chi connectivity index (χ1n) is 6.70. The van der Waals surface area contributed by atoms with Crippen molar-refractivity contribution in [1.29, 1.82) is 0 Å². The molecule has 2 N–H and O–H groups in total. The molecule has 0 unspecified atom stereocenters. The Morgan fingerprint density at radius 2 is 1.95 bits per heavy atom. The molecule has 2 aromatic carbocycles. The van der Waals surface area contributed by atoms with Gasteiger partial charge in [0.1, 0.15) is 17.2 Å². The van der Waals surface area contributed by atoms with Gasteiger partial charge in [0, 0.05) is 11.6 Å². The van der Waals surface area contributed by atoms with Crippen molar-refractivity contribution in [3.63, 3.8) is 0 Å². The van der Waals surface area contributed by atoms with Crippen LogP contribution in [0.2, 0.25) is 0 Å². The van der Waals surface area contributed by atoms with Crippen molar-refractivity contribution in [1.82, 2.24) is 0 Å². The zero-order valence-electron chi connectivity index (χ0n) is 11.5. The van der Waals surface area contributed by atoms with Crippen LogP contribution < -0.4 is 11.2 Å². The Kier molecular flexibility index (Phi) is 3.22. The van der Waals surface area contributed by atoms with Crippen LogP contribution in [-0.4, -0.2) is 0 Å². The fourth-order valence-corrected chi connectivity index (χ4v) is 2.26. The molecule has 0 saturated carbocycles. The summed E-state index contributed by atoms with van der Waals surface area (Å²) in [6.07, 6.45) is 0.855. The third-order valence-corrected chi connectivity index (χ3v) is 3.48. The van der Waals surface area contributed by atoms with Gasteiger partial charge in [-0.25, -0.2) is 4.39 Å². The number of nitrogen functional groups attached to an aromatic ring is 1. The summed E-state index contributed by atoms with van der Waals surface area (Å²) < 4.78 is 19.0. The van der Waals surface area contributed by atoms with Gasteiger partial charge in [-0.15, -0.1) is 0 Å².